The molecule has 4 aromatic rings. The van der Waals surface area contributed by atoms with Crippen LogP contribution in [0.5, 0.6) is 40.2 Å². The van der Waals surface area contributed by atoms with Gasteiger partial charge in [0, 0.05) is 5.69 Å². The van der Waals surface area contributed by atoms with Crippen LogP contribution in [0.25, 0.3) is 12.2 Å². The Kier molecular flexibility index (Phi) is 10.1. The first-order valence-corrected chi connectivity index (χ1v) is 14.6. The number of fused-ring (bicyclic) bond motifs is 1. The van der Waals surface area contributed by atoms with E-state index in [1.165, 1.54) is 0 Å². The molecule has 0 aliphatic carbocycles. The van der Waals surface area contributed by atoms with Crippen LogP contribution >= 0.6 is 0 Å². The molecule has 0 bridgehead atoms. The van der Waals surface area contributed by atoms with Crippen molar-refractivity contribution in [2.75, 3.05) is 54.1 Å². The standard InChI is InChI=1S/C36H38N2O8/c1-22-7-12-27-26(17-22)36(39)38-35(37-27)25-11-14-29(30(21-25)41-3)45-15-16-46-31-18-23(10-13-28(31)40-2)8-9-24-19-32(42-4)34(44-6)33(20-24)43-5/h7-14,17-21,35,37H,15-16H2,1-6H3,(H,38,39). The van der Waals surface area contributed by atoms with Crippen LogP contribution < -0.4 is 43.8 Å². The van der Waals surface area contributed by atoms with Gasteiger partial charge in [0.15, 0.2) is 34.5 Å². The van der Waals surface area contributed by atoms with Gasteiger partial charge in [-0.1, -0.05) is 35.9 Å². The molecular formula is C36H38N2O8. The second kappa shape index (κ2) is 14.5. The van der Waals surface area contributed by atoms with Crippen molar-refractivity contribution < 1.29 is 38.0 Å². The van der Waals surface area contributed by atoms with Gasteiger partial charge in [-0.15, -0.1) is 0 Å². The quantitative estimate of drug-likeness (QED) is 0.127. The fourth-order valence-corrected chi connectivity index (χ4v) is 5.12. The normalized spacial score (nSPS) is 13.7. The second-order valence-electron chi connectivity index (χ2n) is 10.4. The van der Waals surface area contributed by atoms with Gasteiger partial charge in [0.2, 0.25) is 5.75 Å². The Morgan fingerprint density at radius 2 is 1.24 bits per heavy atom. The van der Waals surface area contributed by atoms with Gasteiger partial charge in [0.05, 0.1) is 41.1 Å². The van der Waals surface area contributed by atoms with Crippen LogP contribution in [0, 0.1) is 6.92 Å². The molecule has 1 unspecified atom stereocenters. The molecule has 10 nitrogen and oxygen atoms in total. The molecular weight excluding hydrogens is 588 g/mol. The molecule has 1 heterocycles. The predicted octanol–water partition coefficient (Wildman–Crippen LogP) is 6.52. The molecule has 1 aliphatic heterocycles. The van der Waals surface area contributed by atoms with Crippen LogP contribution in [-0.4, -0.2) is 54.7 Å². The summed E-state index contributed by atoms with van der Waals surface area (Å²) < 4.78 is 39.5. The van der Waals surface area contributed by atoms with E-state index in [4.69, 9.17) is 33.2 Å². The number of aryl methyl sites for hydroxylation is 1. The summed E-state index contributed by atoms with van der Waals surface area (Å²) in [5.41, 5.74) is 5.05. The Morgan fingerprint density at radius 3 is 1.91 bits per heavy atom. The first-order chi connectivity index (χ1) is 22.4. The molecule has 1 atom stereocenters. The topological polar surface area (TPSA) is 106 Å². The summed E-state index contributed by atoms with van der Waals surface area (Å²) in [5.74, 6) is 3.83. The average Bonchev–Trinajstić information content (AvgIpc) is 3.08. The van der Waals surface area contributed by atoms with Crippen molar-refractivity contribution in [3.05, 3.63) is 94.5 Å². The van der Waals surface area contributed by atoms with E-state index in [2.05, 4.69) is 10.6 Å². The van der Waals surface area contributed by atoms with Crippen molar-refractivity contribution in [2.24, 2.45) is 0 Å². The van der Waals surface area contributed by atoms with E-state index in [9.17, 15) is 4.79 Å². The second-order valence-corrected chi connectivity index (χ2v) is 10.4. The summed E-state index contributed by atoms with van der Waals surface area (Å²) in [7, 11) is 7.92. The van der Waals surface area contributed by atoms with Crippen LogP contribution in [0.3, 0.4) is 0 Å². The molecule has 0 saturated carbocycles. The Bertz CT molecular complexity index is 1710. The molecule has 240 valence electrons. The number of nitrogens with one attached hydrogen (secondary N) is 2. The van der Waals surface area contributed by atoms with Crippen molar-refractivity contribution in [1.29, 1.82) is 0 Å². The molecule has 0 saturated heterocycles. The van der Waals surface area contributed by atoms with Gasteiger partial charge in [-0.25, -0.2) is 0 Å². The molecule has 0 aromatic heterocycles. The largest absolute Gasteiger partial charge is 0.493 e. The van der Waals surface area contributed by atoms with Crippen molar-refractivity contribution in [2.45, 2.75) is 13.1 Å². The van der Waals surface area contributed by atoms with E-state index in [1.807, 2.05) is 85.8 Å². The number of carbonyl (C=O) groups excluding carboxylic acids is 1. The molecule has 0 spiro atoms. The number of benzene rings is 4. The van der Waals surface area contributed by atoms with Crippen molar-refractivity contribution in [1.82, 2.24) is 5.32 Å². The molecule has 10 heteroatoms. The minimum Gasteiger partial charge on any atom is -0.493 e. The highest BCUT2D eigenvalue weighted by atomic mass is 16.6. The maximum Gasteiger partial charge on any atom is 0.255 e. The van der Waals surface area contributed by atoms with Gasteiger partial charge in [0.1, 0.15) is 19.4 Å². The number of rotatable bonds is 13. The highest BCUT2D eigenvalue weighted by Gasteiger charge is 2.25. The Morgan fingerprint density at radius 1 is 0.609 bits per heavy atom. The number of ether oxygens (including phenoxy) is 7. The first-order valence-electron chi connectivity index (χ1n) is 14.6. The summed E-state index contributed by atoms with van der Waals surface area (Å²) in [6, 6.07) is 20.8. The number of hydrogen-bond acceptors (Lipinski definition) is 9. The third-order valence-electron chi connectivity index (χ3n) is 7.46. The summed E-state index contributed by atoms with van der Waals surface area (Å²) in [6.07, 6.45) is 3.50. The van der Waals surface area contributed by atoms with Crippen LogP contribution in [0.4, 0.5) is 5.69 Å². The van der Waals surface area contributed by atoms with Gasteiger partial charge >= 0.3 is 0 Å². The first kappa shape index (κ1) is 31.9. The van der Waals surface area contributed by atoms with E-state index in [0.717, 1.165) is 27.9 Å². The molecule has 4 aromatic carbocycles. The Balaban J connectivity index is 1.22. The van der Waals surface area contributed by atoms with Crippen LogP contribution in [-0.2, 0) is 0 Å². The maximum atomic E-state index is 12.7. The lowest BCUT2D eigenvalue weighted by atomic mass is 10.0. The van der Waals surface area contributed by atoms with Gasteiger partial charge in [-0.05, 0) is 72.1 Å². The molecule has 46 heavy (non-hydrogen) atoms. The number of methoxy groups -OCH3 is 5. The number of hydrogen-bond donors (Lipinski definition) is 2. The lowest BCUT2D eigenvalue weighted by Crippen LogP contribution is -2.38. The molecule has 5 rings (SSSR count). The predicted molar refractivity (Wildman–Crippen MR) is 177 cm³/mol. The minimum absolute atomic E-state index is 0.130. The summed E-state index contributed by atoms with van der Waals surface area (Å²) in [5, 5.41) is 6.39. The fourth-order valence-electron chi connectivity index (χ4n) is 5.12. The van der Waals surface area contributed by atoms with Crippen molar-refractivity contribution in [3.8, 4) is 40.2 Å². The smallest absolute Gasteiger partial charge is 0.255 e. The Hall–Kier alpha value is -5.51. The molecule has 0 fully saturated rings. The summed E-state index contributed by atoms with van der Waals surface area (Å²) in [6.45, 7) is 2.48. The van der Waals surface area contributed by atoms with Gasteiger partial charge in [-0.2, -0.15) is 0 Å². The van der Waals surface area contributed by atoms with Crippen LogP contribution in [0.1, 0.15) is 38.8 Å². The number of anilines is 1. The van der Waals surface area contributed by atoms with Gasteiger partial charge in [-0.3, -0.25) is 4.79 Å². The zero-order valence-electron chi connectivity index (χ0n) is 26.8. The number of carbonyl (C=O) groups is 1. The minimum atomic E-state index is -0.406. The van der Waals surface area contributed by atoms with E-state index in [0.29, 0.717) is 45.8 Å². The lowest BCUT2D eigenvalue weighted by Gasteiger charge is -2.28. The van der Waals surface area contributed by atoms with Gasteiger partial charge in [0.25, 0.3) is 5.91 Å². The number of amides is 1. The third-order valence-corrected chi connectivity index (χ3v) is 7.46. The molecule has 2 N–H and O–H groups in total. The molecule has 1 aliphatic rings. The third kappa shape index (κ3) is 7.07. The SMILES string of the molecule is COc1cc(C2NC(=O)c3cc(C)ccc3N2)ccc1OCCOc1cc(C=Cc2cc(OC)c(OC)c(OC)c2)ccc1OC. The zero-order valence-corrected chi connectivity index (χ0v) is 26.8. The lowest BCUT2D eigenvalue weighted by molar-refractivity contribution is 0.0935. The summed E-state index contributed by atoms with van der Waals surface area (Å²) in [4.78, 5) is 12.7. The van der Waals surface area contributed by atoms with Crippen molar-refractivity contribution >= 4 is 23.7 Å². The van der Waals surface area contributed by atoms with E-state index < -0.39 is 6.17 Å². The van der Waals surface area contributed by atoms with Crippen molar-refractivity contribution in [3.63, 3.8) is 0 Å². The highest BCUT2D eigenvalue weighted by molar-refractivity contribution is 6.01. The van der Waals surface area contributed by atoms with Crippen LogP contribution in [0.2, 0.25) is 0 Å². The summed E-state index contributed by atoms with van der Waals surface area (Å²) >= 11 is 0. The maximum absolute atomic E-state index is 12.7. The molecule has 1 amide bonds. The van der Waals surface area contributed by atoms with Gasteiger partial charge < -0.3 is 43.8 Å². The Labute approximate surface area is 268 Å². The van der Waals surface area contributed by atoms with E-state index >= 15 is 0 Å². The molecule has 0 radical (unpaired) electrons. The van der Waals surface area contributed by atoms with E-state index in [1.54, 1.807) is 35.5 Å². The van der Waals surface area contributed by atoms with E-state index in [-0.39, 0.29) is 19.1 Å². The average molecular weight is 627 g/mol. The zero-order chi connectivity index (χ0) is 32.6. The highest BCUT2D eigenvalue weighted by Crippen LogP contribution is 2.39. The fraction of sp³-hybridized carbons (Fsp3) is 0.250. The van der Waals surface area contributed by atoms with Crippen LogP contribution in [0.15, 0.2) is 66.7 Å². The monoisotopic (exact) mass is 626 g/mol.